The van der Waals surface area contributed by atoms with E-state index in [1.807, 2.05) is 60.7 Å². The van der Waals surface area contributed by atoms with E-state index in [0.29, 0.717) is 0 Å². The zero-order valence-electron chi connectivity index (χ0n) is 9.90. The van der Waals surface area contributed by atoms with Crippen molar-refractivity contribution in [1.29, 1.82) is 0 Å². The van der Waals surface area contributed by atoms with Gasteiger partial charge in [0, 0.05) is 0 Å². The van der Waals surface area contributed by atoms with Crippen molar-refractivity contribution in [2.45, 2.75) is 11.8 Å². The van der Waals surface area contributed by atoms with Gasteiger partial charge < -0.3 is 0 Å². The van der Waals surface area contributed by atoms with E-state index in [-0.39, 0.29) is 11.8 Å². The minimum atomic E-state index is -4.23. The van der Waals surface area contributed by atoms with Gasteiger partial charge in [0.1, 0.15) is 0 Å². The summed E-state index contributed by atoms with van der Waals surface area (Å²) in [6.45, 7) is 0.181. The fraction of sp³-hybridized carbons (Fsp3) is 0.143. The Morgan fingerprint density at radius 2 is 1.39 bits per heavy atom. The Labute approximate surface area is 109 Å². The molecule has 0 saturated heterocycles. The van der Waals surface area contributed by atoms with Gasteiger partial charge in [0.05, 0.1) is 0 Å². The number of hydrogen-bond acceptors (Lipinski definition) is 2. The van der Waals surface area contributed by atoms with Crippen molar-refractivity contribution in [3.63, 3.8) is 0 Å². The molecule has 0 radical (unpaired) electrons. The van der Waals surface area contributed by atoms with Crippen molar-refractivity contribution in [3.8, 4) is 0 Å². The second-order valence-corrected chi connectivity index (χ2v) is 7.92. The van der Waals surface area contributed by atoms with Crippen LogP contribution < -0.4 is 0 Å². The Kier molecular flexibility index (Phi) is 4.42. The van der Waals surface area contributed by atoms with Gasteiger partial charge in [-0.3, -0.25) is 0 Å². The van der Waals surface area contributed by atoms with Gasteiger partial charge in [-0.2, -0.15) is 0 Å². The Morgan fingerprint density at radius 1 is 0.889 bits per heavy atom. The summed E-state index contributed by atoms with van der Waals surface area (Å²) in [6, 6.07) is 18.6. The predicted octanol–water partition coefficient (Wildman–Crippen LogP) is 2.35. The predicted molar refractivity (Wildman–Crippen MR) is 70.0 cm³/mol. The molecule has 2 aromatic carbocycles. The van der Waals surface area contributed by atoms with Crippen LogP contribution in [0.5, 0.6) is 0 Å². The van der Waals surface area contributed by atoms with Crippen LogP contribution in [0.2, 0.25) is 0 Å². The van der Waals surface area contributed by atoms with Gasteiger partial charge in [0.2, 0.25) is 0 Å². The summed E-state index contributed by atoms with van der Waals surface area (Å²) < 4.78 is 27.0. The van der Waals surface area contributed by atoms with E-state index in [0.717, 1.165) is 11.1 Å². The van der Waals surface area contributed by atoms with Crippen LogP contribution in [-0.4, -0.2) is 18.3 Å². The van der Waals surface area contributed by atoms with Crippen LogP contribution in [0.25, 0.3) is 0 Å². The van der Waals surface area contributed by atoms with Gasteiger partial charge >= 0.3 is 109 Å². The average molecular weight is 306 g/mol. The number of benzene rings is 2. The second-order valence-electron chi connectivity index (χ2n) is 4.04. The first kappa shape index (κ1) is 13.2. The maximum absolute atomic E-state index is 12.0. The van der Waals surface area contributed by atoms with Crippen molar-refractivity contribution >= 4 is 14.2 Å². The van der Waals surface area contributed by atoms with Crippen LogP contribution >= 0.6 is 0 Å². The molecule has 0 aliphatic rings. The van der Waals surface area contributed by atoms with Gasteiger partial charge in [-0.05, 0) is 0 Å². The molecule has 18 heavy (non-hydrogen) atoms. The molecule has 0 spiro atoms. The van der Waals surface area contributed by atoms with E-state index in [2.05, 4.69) is 0 Å². The van der Waals surface area contributed by atoms with Crippen molar-refractivity contribution in [1.82, 2.24) is 0 Å². The normalized spacial score (nSPS) is 14.1. The molecule has 1 N–H and O–H groups in total. The van der Waals surface area contributed by atoms with Gasteiger partial charge in [0.15, 0.2) is 0 Å². The zero-order valence-corrected chi connectivity index (χ0v) is 11.8. The van der Waals surface area contributed by atoms with E-state index < -0.39 is 14.2 Å². The zero-order chi connectivity index (χ0) is 12.8. The first-order chi connectivity index (χ1) is 8.66. The molecule has 0 amide bonds. The maximum atomic E-state index is 12.0. The molecule has 4 heteroatoms. The summed E-state index contributed by atoms with van der Waals surface area (Å²) in [5.74, 6) is 0. The Bertz CT molecular complexity index is 525. The summed E-state index contributed by atoms with van der Waals surface area (Å²) >= 11 is -4.23. The standard InChI is InChI=1S/C14H15AsO3/c16-15(17,11-13-7-3-1-4-8-13)18-12-14-9-5-2-6-10-14/h1-10H,11-12H2,(H,16,17). The van der Waals surface area contributed by atoms with Crippen molar-refractivity contribution in [2.24, 2.45) is 0 Å². The summed E-state index contributed by atoms with van der Waals surface area (Å²) in [5.41, 5.74) is 1.73. The van der Waals surface area contributed by atoms with E-state index in [9.17, 15) is 7.84 Å². The third-order valence-corrected chi connectivity index (χ3v) is 5.22. The summed E-state index contributed by atoms with van der Waals surface area (Å²) in [6.07, 6.45) is 0. The van der Waals surface area contributed by atoms with Gasteiger partial charge in [-0.25, -0.2) is 0 Å². The summed E-state index contributed by atoms with van der Waals surface area (Å²) in [5, 5.41) is 0.103. The Hall–Kier alpha value is -1.28. The van der Waals surface area contributed by atoms with Gasteiger partial charge in [0.25, 0.3) is 0 Å². The Balaban J connectivity index is 1.94. The number of hydrogen-bond donors (Lipinski definition) is 1. The molecular formula is C14H15AsO3. The molecule has 0 heterocycles. The third kappa shape index (κ3) is 4.19. The van der Waals surface area contributed by atoms with Crippen LogP contribution in [0.3, 0.4) is 0 Å². The topological polar surface area (TPSA) is 46.5 Å². The van der Waals surface area contributed by atoms with E-state index >= 15 is 0 Å². The molecule has 1 unspecified atom stereocenters. The van der Waals surface area contributed by atoms with Gasteiger partial charge in [-0.15, -0.1) is 0 Å². The van der Waals surface area contributed by atoms with Crippen LogP contribution in [0.15, 0.2) is 60.7 Å². The first-order valence-electron chi connectivity index (χ1n) is 5.70. The van der Waals surface area contributed by atoms with Crippen molar-refractivity contribution in [3.05, 3.63) is 71.8 Å². The molecule has 0 saturated carbocycles. The molecule has 2 rings (SSSR count). The molecule has 0 fully saturated rings. The molecular weight excluding hydrogens is 291 g/mol. The quantitative estimate of drug-likeness (QED) is 0.863. The molecule has 2 aromatic rings. The van der Waals surface area contributed by atoms with Crippen molar-refractivity contribution < 1.29 is 11.6 Å². The fourth-order valence-corrected chi connectivity index (χ4v) is 3.95. The molecule has 0 aliphatic carbocycles. The van der Waals surface area contributed by atoms with E-state index in [1.165, 1.54) is 0 Å². The van der Waals surface area contributed by atoms with Crippen molar-refractivity contribution in [2.75, 3.05) is 0 Å². The molecule has 94 valence electrons. The first-order valence-corrected chi connectivity index (χ1v) is 9.40. The molecule has 0 bridgehead atoms. The molecule has 0 aliphatic heterocycles. The monoisotopic (exact) mass is 306 g/mol. The SMILES string of the molecule is O=[As](O)(Cc1ccccc1)OCc1ccccc1. The van der Waals surface area contributed by atoms with E-state index in [1.54, 1.807) is 0 Å². The van der Waals surface area contributed by atoms with Crippen LogP contribution in [-0.2, 0) is 19.3 Å². The number of rotatable bonds is 5. The van der Waals surface area contributed by atoms with Gasteiger partial charge in [-0.1, -0.05) is 0 Å². The Morgan fingerprint density at radius 3 is 1.94 bits per heavy atom. The van der Waals surface area contributed by atoms with Crippen LogP contribution in [0.1, 0.15) is 11.1 Å². The second kappa shape index (κ2) is 6.05. The third-order valence-electron chi connectivity index (χ3n) is 2.50. The minimum absolute atomic E-state index is 0.103. The average Bonchev–Trinajstić information content (AvgIpc) is 2.38. The van der Waals surface area contributed by atoms with Crippen LogP contribution in [0.4, 0.5) is 0 Å². The molecule has 3 nitrogen and oxygen atoms in total. The van der Waals surface area contributed by atoms with Crippen LogP contribution in [0, 0.1) is 0 Å². The fourth-order valence-electron chi connectivity index (χ4n) is 1.61. The summed E-state index contributed by atoms with van der Waals surface area (Å²) in [7, 11) is 0. The summed E-state index contributed by atoms with van der Waals surface area (Å²) in [4.78, 5) is 0. The molecule has 1 atom stereocenters. The molecule has 0 aromatic heterocycles. The van der Waals surface area contributed by atoms with E-state index in [4.69, 9.17) is 3.73 Å².